The number of hydrogen-bond donors (Lipinski definition) is 1. The Bertz CT molecular complexity index is 1050. The Kier molecular flexibility index (Phi) is 6.70. The molecule has 0 radical (unpaired) electrons. The molecule has 1 aromatic heterocycles. The zero-order chi connectivity index (χ0) is 21.6. The summed E-state index contributed by atoms with van der Waals surface area (Å²) < 4.78 is 6.17. The fourth-order valence-electron chi connectivity index (χ4n) is 3.41. The van der Waals surface area contributed by atoms with Crippen LogP contribution in [0.25, 0.3) is 0 Å². The molecule has 158 valence electrons. The summed E-state index contributed by atoms with van der Waals surface area (Å²) in [5.74, 6) is 1.26. The van der Waals surface area contributed by atoms with E-state index in [-0.39, 0.29) is 0 Å². The van der Waals surface area contributed by atoms with Gasteiger partial charge in [0.1, 0.15) is 6.61 Å². The fraction of sp³-hybridized carbons (Fsp3) is 0.292. The molecule has 1 N–H and O–H groups in total. The van der Waals surface area contributed by atoms with Gasteiger partial charge >= 0.3 is 0 Å². The van der Waals surface area contributed by atoms with E-state index in [1.54, 1.807) is 0 Å². The lowest BCUT2D eigenvalue weighted by molar-refractivity contribution is 0.284. The Morgan fingerprint density at radius 1 is 1.16 bits per heavy atom. The molecular formula is C24H25N5OS. The van der Waals surface area contributed by atoms with Gasteiger partial charge in [-0.3, -0.25) is 0 Å². The highest BCUT2D eigenvalue weighted by molar-refractivity contribution is 7.99. The highest BCUT2D eigenvalue weighted by Crippen LogP contribution is 2.35. The molecule has 7 heteroatoms. The van der Waals surface area contributed by atoms with Crippen LogP contribution in [0.5, 0.6) is 5.88 Å². The van der Waals surface area contributed by atoms with E-state index < -0.39 is 0 Å². The number of nitrogens with one attached hydrogen (secondary N) is 1. The maximum atomic E-state index is 9.03. The van der Waals surface area contributed by atoms with Crippen molar-refractivity contribution in [2.45, 2.75) is 42.3 Å². The van der Waals surface area contributed by atoms with E-state index >= 15 is 0 Å². The molecule has 0 saturated carbocycles. The molecule has 1 aliphatic rings. The van der Waals surface area contributed by atoms with Crippen LogP contribution in [-0.2, 0) is 6.61 Å². The Morgan fingerprint density at radius 2 is 1.94 bits per heavy atom. The lowest BCUT2D eigenvalue weighted by Gasteiger charge is -2.37. The van der Waals surface area contributed by atoms with Gasteiger partial charge in [-0.05, 0) is 43.7 Å². The Labute approximate surface area is 187 Å². The van der Waals surface area contributed by atoms with Crippen LogP contribution in [0, 0.1) is 11.3 Å². The number of anilines is 1. The molecule has 3 aromatic rings. The third kappa shape index (κ3) is 5.35. The number of piperazine rings is 1. The molecule has 31 heavy (non-hydrogen) atoms. The molecule has 0 bridgehead atoms. The van der Waals surface area contributed by atoms with Gasteiger partial charge in [-0.2, -0.15) is 10.2 Å². The summed E-state index contributed by atoms with van der Waals surface area (Å²) in [7, 11) is 0. The van der Waals surface area contributed by atoms with Crippen molar-refractivity contribution in [3.05, 3.63) is 71.9 Å². The van der Waals surface area contributed by atoms with Gasteiger partial charge < -0.3 is 15.0 Å². The zero-order valence-corrected chi connectivity index (χ0v) is 18.5. The monoisotopic (exact) mass is 431 g/mol. The molecule has 4 rings (SSSR count). The van der Waals surface area contributed by atoms with Crippen LogP contribution in [0.15, 0.2) is 70.6 Å². The predicted molar refractivity (Wildman–Crippen MR) is 122 cm³/mol. The summed E-state index contributed by atoms with van der Waals surface area (Å²) in [6, 6.07) is 20.4. The minimum atomic E-state index is 0.301. The summed E-state index contributed by atoms with van der Waals surface area (Å²) in [6.07, 6.45) is 1.84. The standard InChI is InChI=1S/C24H25N5OS/c1-17-15-29(18(2)13-26-17)24-27-14-22(31-21-10-8-19(12-25)9-11-21)23(28-24)30-16-20-6-4-3-5-7-20/h3-11,14,17-18,26H,13,15-16H2,1-2H3/t17-,18+/m0/s1. The van der Waals surface area contributed by atoms with E-state index in [0.29, 0.717) is 36.1 Å². The maximum Gasteiger partial charge on any atom is 0.232 e. The molecule has 0 amide bonds. The molecule has 0 spiro atoms. The number of aromatic nitrogens is 2. The van der Waals surface area contributed by atoms with Crippen LogP contribution in [-0.4, -0.2) is 35.1 Å². The van der Waals surface area contributed by atoms with Gasteiger partial charge in [0.15, 0.2) is 0 Å². The molecular weight excluding hydrogens is 406 g/mol. The number of ether oxygens (including phenoxy) is 1. The minimum Gasteiger partial charge on any atom is -0.472 e. The van der Waals surface area contributed by atoms with E-state index in [4.69, 9.17) is 15.0 Å². The molecule has 0 aliphatic carbocycles. The van der Waals surface area contributed by atoms with Crippen molar-refractivity contribution in [1.82, 2.24) is 15.3 Å². The summed E-state index contributed by atoms with van der Waals surface area (Å²) in [6.45, 7) is 6.52. The van der Waals surface area contributed by atoms with Gasteiger partial charge in [0.2, 0.25) is 11.8 Å². The van der Waals surface area contributed by atoms with E-state index in [9.17, 15) is 0 Å². The highest BCUT2D eigenvalue weighted by Gasteiger charge is 2.25. The van der Waals surface area contributed by atoms with E-state index in [1.165, 1.54) is 11.8 Å². The molecule has 2 aromatic carbocycles. The van der Waals surface area contributed by atoms with Crippen molar-refractivity contribution in [3.8, 4) is 11.9 Å². The van der Waals surface area contributed by atoms with Crippen molar-refractivity contribution < 1.29 is 4.74 Å². The van der Waals surface area contributed by atoms with Gasteiger partial charge in [0.05, 0.1) is 22.7 Å². The average Bonchev–Trinajstić information content (AvgIpc) is 2.81. The third-order valence-corrected chi connectivity index (χ3v) is 6.17. The SMILES string of the molecule is C[C@@H]1CN[C@@H](C)CN1c1ncc(Sc2ccc(C#N)cc2)c(OCc2ccccc2)n1. The van der Waals surface area contributed by atoms with Gasteiger partial charge in [0, 0.05) is 30.1 Å². The fourth-order valence-corrected chi connectivity index (χ4v) is 4.23. The van der Waals surface area contributed by atoms with Crippen molar-refractivity contribution in [2.75, 3.05) is 18.0 Å². The molecule has 1 aliphatic heterocycles. The quantitative estimate of drug-likeness (QED) is 0.625. The lowest BCUT2D eigenvalue weighted by Crippen LogP contribution is -2.55. The predicted octanol–water partition coefficient (Wildman–Crippen LogP) is 4.27. The van der Waals surface area contributed by atoms with Gasteiger partial charge in [-0.25, -0.2) is 4.98 Å². The van der Waals surface area contributed by atoms with Crippen molar-refractivity contribution >= 4 is 17.7 Å². The maximum absolute atomic E-state index is 9.03. The molecule has 1 saturated heterocycles. The Hall–Kier alpha value is -3.08. The van der Waals surface area contributed by atoms with Crippen LogP contribution in [0.2, 0.25) is 0 Å². The topological polar surface area (TPSA) is 74.1 Å². The van der Waals surface area contributed by atoms with Crippen LogP contribution in [0.1, 0.15) is 25.0 Å². The first kappa shape index (κ1) is 21.2. The number of rotatable bonds is 6. The largest absolute Gasteiger partial charge is 0.472 e. The molecule has 2 heterocycles. The van der Waals surface area contributed by atoms with E-state index in [0.717, 1.165) is 28.4 Å². The second-order valence-electron chi connectivity index (χ2n) is 7.66. The summed E-state index contributed by atoms with van der Waals surface area (Å²) in [4.78, 5) is 13.6. The van der Waals surface area contributed by atoms with Crippen molar-refractivity contribution in [1.29, 1.82) is 5.26 Å². The third-order valence-electron chi connectivity index (χ3n) is 5.16. The van der Waals surface area contributed by atoms with Crippen LogP contribution < -0.4 is 15.0 Å². The van der Waals surface area contributed by atoms with Crippen molar-refractivity contribution in [2.24, 2.45) is 0 Å². The summed E-state index contributed by atoms with van der Waals surface area (Å²) >= 11 is 1.53. The van der Waals surface area contributed by atoms with Crippen LogP contribution in [0.3, 0.4) is 0 Å². The summed E-state index contributed by atoms with van der Waals surface area (Å²) in [5.41, 5.74) is 1.72. The number of benzene rings is 2. The normalized spacial score (nSPS) is 18.4. The molecule has 2 atom stereocenters. The number of hydrogen-bond acceptors (Lipinski definition) is 7. The van der Waals surface area contributed by atoms with Crippen molar-refractivity contribution in [3.63, 3.8) is 0 Å². The Balaban J connectivity index is 1.61. The smallest absolute Gasteiger partial charge is 0.232 e. The Morgan fingerprint density at radius 3 is 2.68 bits per heavy atom. The first-order chi connectivity index (χ1) is 15.1. The lowest BCUT2D eigenvalue weighted by atomic mass is 10.1. The average molecular weight is 432 g/mol. The van der Waals surface area contributed by atoms with E-state index in [1.807, 2.05) is 60.8 Å². The first-order valence-electron chi connectivity index (χ1n) is 10.3. The zero-order valence-electron chi connectivity index (χ0n) is 17.7. The summed E-state index contributed by atoms with van der Waals surface area (Å²) in [5, 5.41) is 12.5. The molecule has 0 unspecified atom stereocenters. The molecule has 6 nitrogen and oxygen atoms in total. The number of nitriles is 1. The second kappa shape index (κ2) is 9.82. The number of nitrogens with zero attached hydrogens (tertiary/aromatic N) is 4. The molecule has 1 fully saturated rings. The second-order valence-corrected chi connectivity index (χ2v) is 8.78. The van der Waals surface area contributed by atoms with Crippen LogP contribution in [0.4, 0.5) is 5.95 Å². The van der Waals surface area contributed by atoms with E-state index in [2.05, 4.69) is 35.1 Å². The van der Waals surface area contributed by atoms with Crippen LogP contribution >= 0.6 is 11.8 Å². The first-order valence-corrected chi connectivity index (χ1v) is 11.2. The van der Waals surface area contributed by atoms with Gasteiger partial charge in [0.25, 0.3) is 0 Å². The minimum absolute atomic E-state index is 0.301. The van der Waals surface area contributed by atoms with Gasteiger partial charge in [-0.1, -0.05) is 42.1 Å². The highest BCUT2D eigenvalue weighted by atomic mass is 32.2. The van der Waals surface area contributed by atoms with Gasteiger partial charge in [-0.15, -0.1) is 0 Å².